The van der Waals surface area contributed by atoms with Gasteiger partial charge in [0, 0.05) is 13.0 Å². The first-order valence-electron chi connectivity index (χ1n) is 3.94. The monoisotopic (exact) mass is 235 g/mol. The van der Waals surface area contributed by atoms with Gasteiger partial charge in [-0.05, 0) is 0 Å². The third-order valence-electron chi connectivity index (χ3n) is 1.39. The van der Waals surface area contributed by atoms with Gasteiger partial charge in [0.05, 0.1) is 0 Å². The van der Waals surface area contributed by atoms with Gasteiger partial charge in [-0.15, -0.1) is 0 Å². The van der Waals surface area contributed by atoms with Crippen LogP contribution >= 0.6 is 0 Å². The Kier molecular flexibility index (Phi) is 3.74. The van der Waals surface area contributed by atoms with Crippen LogP contribution < -0.4 is 4.72 Å². The van der Waals surface area contributed by atoms with Gasteiger partial charge in [-0.25, -0.2) is 13.1 Å². The Hall–Kier alpha value is -1.48. The van der Waals surface area contributed by atoms with Crippen molar-refractivity contribution < 1.29 is 22.8 Å². The molecule has 9 heteroatoms. The van der Waals surface area contributed by atoms with Gasteiger partial charge in [0.2, 0.25) is 16.4 Å². The number of sulfonamides is 1. The third-order valence-corrected chi connectivity index (χ3v) is 2.66. The van der Waals surface area contributed by atoms with E-state index < -0.39 is 21.7 Å². The lowest BCUT2D eigenvalue weighted by Gasteiger charge is -2.01. The maximum atomic E-state index is 11.0. The lowest BCUT2D eigenvalue weighted by molar-refractivity contribution is -0.134. The van der Waals surface area contributed by atoms with E-state index in [4.69, 9.17) is 5.11 Å². The number of hydrogen-bond donors (Lipinski definition) is 2. The van der Waals surface area contributed by atoms with Gasteiger partial charge in [0.25, 0.3) is 0 Å². The minimum Gasteiger partial charge on any atom is -0.480 e. The van der Waals surface area contributed by atoms with Crippen molar-refractivity contribution >= 4 is 16.0 Å². The first-order valence-corrected chi connectivity index (χ1v) is 5.59. The molecule has 0 fully saturated rings. The predicted octanol–water partition coefficient (Wildman–Crippen LogP) is -1.38. The molecule has 8 nitrogen and oxygen atoms in total. The van der Waals surface area contributed by atoms with Crippen molar-refractivity contribution in [3.8, 4) is 0 Å². The van der Waals surface area contributed by atoms with Gasteiger partial charge in [-0.3, -0.25) is 4.79 Å². The van der Waals surface area contributed by atoms with E-state index in [2.05, 4.69) is 19.4 Å². The predicted molar refractivity (Wildman–Crippen MR) is 47.4 cm³/mol. The summed E-state index contributed by atoms with van der Waals surface area (Å²) in [7, 11) is -3.77. The summed E-state index contributed by atoms with van der Waals surface area (Å²) in [5, 5.41) is 11.7. The van der Waals surface area contributed by atoms with E-state index in [0.717, 1.165) is 6.39 Å². The smallest absolute Gasteiger partial charge is 0.320 e. The van der Waals surface area contributed by atoms with Crippen molar-refractivity contribution in [3.05, 3.63) is 12.2 Å². The highest BCUT2D eigenvalue weighted by Crippen LogP contribution is 1.90. The van der Waals surface area contributed by atoms with Gasteiger partial charge >= 0.3 is 5.97 Å². The first-order chi connectivity index (χ1) is 6.99. The lowest BCUT2D eigenvalue weighted by Crippen LogP contribution is -2.31. The normalized spacial score (nSPS) is 11.5. The van der Waals surface area contributed by atoms with Crippen LogP contribution in [0, 0.1) is 0 Å². The van der Waals surface area contributed by atoms with Crippen LogP contribution in [0.5, 0.6) is 0 Å². The van der Waals surface area contributed by atoms with E-state index in [0.29, 0.717) is 5.82 Å². The van der Waals surface area contributed by atoms with Crippen LogP contribution in [0.25, 0.3) is 0 Å². The number of nitrogens with zero attached hydrogens (tertiary/aromatic N) is 2. The van der Waals surface area contributed by atoms with Crippen LogP contribution in [0.1, 0.15) is 5.82 Å². The lowest BCUT2D eigenvalue weighted by atomic mass is 10.4. The summed E-state index contributed by atoms with van der Waals surface area (Å²) < 4.78 is 28.6. The van der Waals surface area contributed by atoms with Crippen molar-refractivity contribution in [1.29, 1.82) is 0 Å². The Morgan fingerprint density at radius 1 is 1.60 bits per heavy atom. The first kappa shape index (κ1) is 11.6. The molecule has 0 amide bonds. The summed E-state index contributed by atoms with van der Waals surface area (Å²) in [6.07, 6.45) is 1.37. The van der Waals surface area contributed by atoms with E-state index in [1.165, 1.54) is 0 Å². The molecule has 0 saturated carbocycles. The van der Waals surface area contributed by atoms with E-state index in [9.17, 15) is 13.2 Å². The standard InChI is InChI=1S/C6H9N3O5S/c10-6(11)3-15(12,13)8-2-1-5-7-4-14-9-5/h4,8H,1-3H2,(H,10,11). The molecule has 0 aliphatic heterocycles. The quantitative estimate of drug-likeness (QED) is 0.622. The number of aromatic nitrogens is 2. The summed E-state index contributed by atoms with van der Waals surface area (Å²) >= 11 is 0. The molecule has 1 heterocycles. The molecule has 0 unspecified atom stereocenters. The highest BCUT2D eigenvalue weighted by molar-refractivity contribution is 7.90. The van der Waals surface area contributed by atoms with Crippen LogP contribution in [0.2, 0.25) is 0 Å². The number of nitrogens with one attached hydrogen (secondary N) is 1. The molecular formula is C6H9N3O5S. The summed E-state index contributed by atoms with van der Waals surface area (Å²) in [4.78, 5) is 13.8. The Balaban J connectivity index is 2.34. The van der Waals surface area contributed by atoms with Crippen LogP contribution in [0.4, 0.5) is 0 Å². The molecular weight excluding hydrogens is 226 g/mol. The zero-order valence-electron chi connectivity index (χ0n) is 7.58. The molecule has 0 spiro atoms. The summed E-state index contributed by atoms with van der Waals surface area (Å²) in [6.45, 7) is 0.0369. The Bertz CT molecular complexity index is 412. The summed E-state index contributed by atoms with van der Waals surface area (Å²) in [5.74, 6) is -1.99. The summed E-state index contributed by atoms with van der Waals surface area (Å²) in [6, 6.07) is 0. The zero-order chi connectivity index (χ0) is 11.3. The SMILES string of the molecule is O=C(O)CS(=O)(=O)NCCc1ncon1. The molecule has 0 aromatic carbocycles. The van der Waals surface area contributed by atoms with Crippen molar-refractivity contribution in [2.24, 2.45) is 0 Å². The van der Waals surface area contributed by atoms with Gasteiger partial charge < -0.3 is 9.63 Å². The van der Waals surface area contributed by atoms with Crippen LogP contribution in [0.3, 0.4) is 0 Å². The molecule has 84 valence electrons. The fraction of sp³-hybridized carbons (Fsp3) is 0.500. The molecule has 1 aromatic heterocycles. The van der Waals surface area contributed by atoms with Crippen LogP contribution in [-0.2, 0) is 21.2 Å². The van der Waals surface area contributed by atoms with E-state index in [1.807, 2.05) is 0 Å². The average Bonchev–Trinajstić information content (AvgIpc) is 2.53. The number of hydrogen-bond acceptors (Lipinski definition) is 6. The van der Waals surface area contributed by atoms with Gasteiger partial charge in [-0.2, -0.15) is 4.98 Å². The molecule has 0 bridgehead atoms. The Labute approximate surface area is 85.3 Å². The molecule has 0 saturated heterocycles. The molecule has 0 radical (unpaired) electrons. The van der Waals surface area contributed by atoms with Crippen LogP contribution in [0.15, 0.2) is 10.9 Å². The second-order valence-corrected chi connectivity index (χ2v) is 4.45. The molecule has 1 rings (SSSR count). The maximum Gasteiger partial charge on any atom is 0.320 e. The van der Waals surface area contributed by atoms with Crippen molar-refractivity contribution in [3.63, 3.8) is 0 Å². The van der Waals surface area contributed by atoms with Crippen molar-refractivity contribution in [1.82, 2.24) is 14.9 Å². The zero-order valence-corrected chi connectivity index (χ0v) is 8.40. The van der Waals surface area contributed by atoms with E-state index in [-0.39, 0.29) is 13.0 Å². The number of carbonyl (C=O) groups is 1. The van der Waals surface area contributed by atoms with Gasteiger partial charge in [0.15, 0.2) is 11.6 Å². The largest absolute Gasteiger partial charge is 0.480 e. The number of carboxylic acid groups (broad SMARTS) is 1. The highest BCUT2D eigenvalue weighted by atomic mass is 32.2. The molecule has 2 N–H and O–H groups in total. The molecule has 15 heavy (non-hydrogen) atoms. The average molecular weight is 235 g/mol. The van der Waals surface area contributed by atoms with Crippen molar-refractivity contribution in [2.45, 2.75) is 6.42 Å². The molecule has 0 aliphatic carbocycles. The topological polar surface area (TPSA) is 122 Å². The molecule has 0 atom stereocenters. The second-order valence-electron chi connectivity index (χ2n) is 2.64. The fourth-order valence-corrected chi connectivity index (χ4v) is 1.67. The van der Waals surface area contributed by atoms with Crippen LogP contribution in [-0.4, -0.2) is 41.9 Å². The number of carboxylic acids is 1. The van der Waals surface area contributed by atoms with E-state index in [1.54, 1.807) is 0 Å². The second kappa shape index (κ2) is 4.84. The fourth-order valence-electron chi connectivity index (χ4n) is 0.835. The minimum atomic E-state index is -3.77. The highest BCUT2D eigenvalue weighted by Gasteiger charge is 2.14. The van der Waals surface area contributed by atoms with Crippen molar-refractivity contribution in [2.75, 3.05) is 12.3 Å². The molecule has 0 aliphatic rings. The van der Waals surface area contributed by atoms with Gasteiger partial charge in [0.1, 0.15) is 0 Å². The van der Waals surface area contributed by atoms with E-state index >= 15 is 0 Å². The molecule has 1 aromatic rings. The van der Waals surface area contributed by atoms with Gasteiger partial charge in [-0.1, -0.05) is 5.16 Å². The Morgan fingerprint density at radius 3 is 2.87 bits per heavy atom. The Morgan fingerprint density at radius 2 is 2.33 bits per heavy atom. The summed E-state index contributed by atoms with van der Waals surface area (Å²) in [5.41, 5.74) is 0. The third kappa shape index (κ3) is 4.51. The number of aliphatic carboxylic acids is 1. The minimum absolute atomic E-state index is 0.0369. The maximum absolute atomic E-state index is 11.0. The number of rotatable bonds is 6.